The van der Waals surface area contributed by atoms with E-state index in [1.807, 2.05) is 18.3 Å². The maximum Gasteiger partial charge on any atom is 0.160 e. The molecule has 0 radical (unpaired) electrons. The highest BCUT2D eigenvalue weighted by Gasteiger charge is 2.16. The molecular formula is C13H15NO. The lowest BCUT2D eigenvalue weighted by Crippen LogP contribution is -1.96. The van der Waals surface area contributed by atoms with Gasteiger partial charge in [0.2, 0.25) is 0 Å². The number of Topliss-reactive ketones (excluding diaryl/α,β-unsaturated/α-hetero) is 1. The second kappa shape index (κ2) is 4.30. The van der Waals surface area contributed by atoms with Gasteiger partial charge in [-0.3, -0.25) is 4.79 Å². The molecule has 1 fully saturated rings. The molecule has 0 aliphatic heterocycles. The standard InChI is InChI=1S/C13H15NO/c1-10-5-7-12(8-6-10)14-9-11-3-2-4-13(11)15/h5-9,14H,2-4H2,1H3. The Kier molecular flexibility index (Phi) is 2.86. The van der Waals surface area contributed by atoms with Crippen molar-refractivity contribution in [1.29, 1.82) is 0 Å². The van der Waals surface area contributed by atoms with Crippen LogP contribution in [0.25, 0.3) is 0 Å². The van der Waals surface area contributed by atoms with Crippen LogP contribution in [0.3, 0.4) is 0 Å². The molecule has 0 aromatic heterocycles. The quantitative estimate of drug-likeness (QED) is 0.745. The summed E-state index contributed by atoms with van der Waals surface area (Å²) >= 11 is 0. The second-order valence-corrected chi connectivity index (χ2v) is 3.96. The fourth-order valence-electron chi connectivity index (χ4n) is 1.71. The monoisotopic (exact) mass is 201 g/mol. The average molecular weight is 201 g/mol. The van der Waals surface area contributed by atoms with E-state index in [9.17, 15) is 4.79 Å². The van der Waals surface area contributed by atoms with Gasteiger partial charge in [0.15, 0.2) is 5.78 Å². The van der Waals surface area contributed by atoms with Gasteiger partial charge >= 0.3 is 0 Å². The molecule has 1 aliphatic rings. The van der Waals surface area contributed by atoms with Gasteiger partial charge in [-0.1, -0.05) is 17.7 Å². The van der Waals surface area contributed by atoms with Gasteiger partial charge in [0.1, 0.15) is 0 Å². The Morgan fingerprint density at radius 3 is 2.53 bits per heavy atom. The third-order valence-electron chi connectivity index (χ3n) is 2.67. The van der Waals surface area contributed by atoms with Crippen molar-refractivity contribution >= 4 is 11.5 Å². The van der Waals surface area contributed by atoms with Crippen LogP contribution in [-0.2, 0) is 4.79 Å². The Morgan fingerprint density at radius 1 is 1.20 bits per heavy atom. The van der Waals surface area contributed by atoms with Crippen LogP contribution in [0.2, 0.25) is 0 Å². The molecule has 0 saturated heterocycles. The number of benzene rings is 1. The number of allylic oxidation sites excluding steroid dienone is 1. The minimum Gasteiger partial charge on any atom is -0.361 e. The normalized spacial score (nSPS) is 18.5. The van der Waals surface area contributed by atoms with E-state index in [-0.39, 0.29) is 5.78 Å². The summed E-state index contributed by atoms with van der Waals surface area (Å²) in [6.07, 6.45) is 4.47. The molecule has 15 heavy (non-hydrogen) atoms. The van der Waals surface area contributed by atoms with Gasteiger partial charge in [-0.15, -0.1) is 0 Å². The summed E-state index contributed by atoms with van der Waals surface area (Å²) in [5.41, 5.74) is 3.20. The first kappa shape index (κ1) is 9.97. The van der Waals surface area contributed by atoms with Crippen LogP contribution < -0.4 is 5.32 Å². The highest BCUT2D eigenvalue weighted by Crippen LogP contribution is 2.20. The number of carbonyl (C=O) groups is 1. The zero-order valence-corrected chi connectivity index (χ0v) is 8.92. The van der Waals surface area contributed by atoms with Crippen LogP contribution in [0, 0.1) is 6.92 Å². The number of hydrogen-bond acceptors (Lipinski definition) is 2. The Balaban J connectivity index is 2.03. The first-order valence-electron chi connectivity index (χ1n) is 5.31. The number of nitrogens with one attached hydrogen (secondary N) is 1. The Labute approximate surface area is 90.0 Å². The molecule has 0 heterocycles. The topological polar surface area (TPSA) is 29.1 Å². The number of rotatable bonds is 2. The summed E-state index contributed by atoms with van der Waals surface area (Å²) in [6.45, 7) is 2.06. The van der Waals surface area contributed by atoms with Crippen LogP contribution in [0.5, 0.6) is 0 Å². The Hall–Kier alpha value is -1.57. The van der Waals surface area contributed by atoms with E-state index in [4.69, 9.17) is 0 Å². The summed E-state index contributed by atoms with van der Waals surface area (Å²) < 4.78 is 0. The van der Waals surface area contributed by atoms with Gasteiger partial charge < -0.3 is 5.32 Å². The molecule has 0 spiro atoms. The molecule has 0 amide bonds. The molecule has 2 nitrogen and oxygen atoms in total. The lowest BCUT2D eigenvalue weighted by atomic mass is 10.2. The van der Waals surface area contributed by atoms with E-state index in [1.54, 1.807) is 0 Å². The molecule has 2 heteroatoms. The Bertz CT molecular complexity index is 390. The summed E-state index contributed by atoms with van der Waals surface area (Å²) in [7, 11) is 0. The van der Waals surface area contributed by atoms with Crippen LogP contribution in [0.15, 0.2) is 36.0 Å². The summed E-state index contributed by atoms with van der Waals surface area (Å²) in [5.74, 6) is 0.287. The van der Waals surface area contributed by atoms with E-state index >= 15 is 0 Å². The predicted molar refractivity (Wildman–Crippen MR) is 61.7 cm³/mol. The second-order valence-electron chi connectivity index (χ2n) is 3.96. The molecular weight excluding hydrogens is 186 g/mol. The lowest BCUT2D eigenvalue weighted by molar-refractivity contribution is -0.114. The molecule has 1 aliphatic carbocycles. The van der Waals surface area contributed by atoms with Crippen molar-refractivity contribution in [3.05, 3.63) is 41.6 Å². The van der Waals surface area contributed by atoms with Crippen molar-refractivity contribution in [2.75, 3.05) is 5.32 Å². The van der Waals surface area contributed by atoms with E-state index in [0.29, 0.717) is 6.42 Å². The van der Waals surface area contributed by atoms with Gasteiger partial charge in [0, 0.05) is 23.9 Å². The van der Waals surface area contributed by atoms with Gasteiger partial charge in [0.05, 0.1) is 0 Å². The van der Waals surface area contributed by atoms with Gasteiger partial charge in [-0.2, -0.15) is 0 Å². The highest BCUT2D eigenvalue weighted by molar-refractivity contribution is 5.97. The van der Waals surface area contributed by atoms with Crippen LogP contribution >= 0.6 is 0 Å². The maximum absolute atomic E-state index is 11.3. The van der Waals surface area contributed by atoms with Gasteiger partial charge in [-0.05, 0) is 31.9 Å². The van der Waals surface area contributed by atoms with E-state index in [0.717, 1.165) is 24.1 Å². The summed E-state index contributed by atoms with van der Waals surface area (Å²) in [6, 6.07) is 8.15. The fraction of sp³-hybridized carbons (Fsp3) is 0.308. The molecule has 0 unspecified atom stereocenters. The molecule has 1 aromatic carbocycles. The molecule has 78 valence electrons. The largest absolute Gasteiger partial charge is 0.361 e. The third kappa shape index (κ3) is 2.46. The molecule has 2 rings (SSSR count). The van der Waals surface area contributed by atoms with Crippen molar-refractivity contribution in [2.45, 2.75) is 26.2 Å². The molecule has 0 bridgehead atoms. The van der Waals surface area contributed by atoms with E-state index < -0.39 is 0 Å². The SMILES string of the molecule is Cc1ccc(NC=C2CCCC2=O)cc1. The number of carbonyl (C=O) groups excluding carboxylic acids is 1. The molecule has 0 atom stereocenters. The smallest absolute Gasteiger partial charge is 0.160 e. The van der Waals surface area contributed by atoms with Gasteiger partial charge in [-0.25, -0.2) is 0 Å². The van der Waals surface area contributed by atoms with Crippen molar-refractivity contribution in [1.82, 2.24) is 0 Å². The fourth-order valence-corrected chi connectivity index (χ4v) is 1.71. The minimum absolute atomic E-state index is 0.287. The van der Waals surface area contributed by atoms with Crippen LogP contribution in [-0.4, -0.2) is 5.78 Å². The number of anilines is 1. The summed E-state index contributed by atoms with van der Waals surface area (Å²) in [4.78, 5) is 11.3. The summed E-state index contributed by atoms with van der Waals surface area (Å²) in [5, 5.41) is 3.16. The van der Waals surface area contributed by atoms with E-state index in [1.165, 1.54) is 5.56 Å². The number of hydrogen-bond donors (Lipinski definition) is 1. The van der Waals surface area contributed by atoms with Crippen molar-refractivity contribution < 1.29 is 4.79 Å². The lowest BCUT2D eigenvalue weighted by Gasteiger charge is -2.02. The van der Waals surface area contributed by atoms with Gasteiger partial charge in [0.25, 0.3) is 0 Å². The van der Waals surface area contributed by atoms with Crippen molar-refractivity contribution in [2.24, 2.45) is 0 Å². The van der Waals surface area contributed by atoms with Crippen LogP contribution in [0.4, 0.5) is 5.69 Å². The molecule has 1 aromatic rings. The van der Waals surface area contributed by atoms with E-state index in [2.05, 4.69) is 24.4 Å². The predicted octanol–water partition coefficient (Wildman–Crippen LogP) is 3.04. The number of aryl methyl sites for hydroxylation is 1. The minimum atomic E-state index is 0.287. The Morgan fingerprint density at radius 2 is 1.93 bits per heavy atom. The average Bonchev–Trinajstić information content (AvgIpc) is 2.63. The number of ketones is 1. The maximum atomic E-state index is 11.3. The van der Waals surface area contributed by atoms with Crippen molar-refractivity contribution in [3.63, 3.8) is 0 Å². The van der Waals surface area contributed by atoms with Crippen molar-refractivity contribution in [3.8, 4) is 0 Å². The molecule has 1 N–H and O–H groups in total. The zero-order chi connectivity index (χ0) is 10.7. The highest BCUT2D eigenvalue weighted by atomic mass is 16.1. The first-order chi connectivity index (χ1) is 7.25. The molecule has 1 saturated carbocycles. The zero-order valence-electron chi connectivity index (χ0n) is 8.92. The van der Waals surface area contributed by atoms with Crippen LogP contribution in [0.1, 0.15) is 24.8 Å². The first-order valence-corrected chi connectivity index (χ1v) is 5.31. The third-order valence-corrected chi connectivity index (χ3v) is 2.67.